The summed E-state index contributed by atoms with van der Waals surface area (Å²) in [5.74, 6) is 0. The maximum absolute atomic E-state index is 9.37. The molecule has 0 amide bonds. The second kappa shape index (κ2) is 8.78. The van der Waals surface area contributed by atoms with Gasteiger partial charge in [-0.05, 0) is 40.5 Å². The van der Waals surface area contributed by atoms with Crippen molar-refractivity contribution in [2.75, 3.05) is 11.9 Å². The first-order chi connectivity index (χ1) is 8.67. The average Bonchev–Trinajstić information content (AvgIpc) is 2.37. The Morgan fingerprint density at radius 1 is 1.33 bits per heavy atom. The number of aliphatic hydroxyl groups excluding tert-OH is 1. The fourth-order valence-electron chi connectivity index (χ4n) is 1.85. The molecule has 18 heavy (non-hydrogen) atoms. The number of hydrogen-bond donors (Lipinski definition) is 2. The van der Waals surface area contributed by atoms with E-state index in [-0.39, 0.29) is 12.6 Å². The normalized spacial score (nSPS) is 12.4. The van der Waals surface area contributed by atoms with E-state index in [2.05, 4.69) is 28.2 Å². The highest BCUT2D eigenvalue weighted by molar-refractivity contribution is 9.10. The Bertz CT molecular complexity index is 360. The number of benzene rings is 1. The Kier molecular flexibility index (Phi) is 7.71. The quantitative estimate of drug-likeness (QED) is 0.666. The smallest absolute Gasteiger partial charge is 0.0632 e. The van der Waals surface area contributed by atoms with E-state index in [1.807, 2.05) is 18.2 Å². The number of anilines is 1. The predicted molar refractivity (Wildman–Crippen MR) is 82.4 cm³/mol. The van der Waals surface area contributed by atoms with Crippen LogP contribution in [0.1, 0.15) is 39.0 Å². The van der Waals surface area contributed by atoms with Gasteiger partial charge in [0.1, 0.15) is 0 Å². The Hall–Kier alpha value is -0.250. The fourth-order valence-corrected chi connectivity index (χ4v) is 2.34. The molecule has 1 aromatic carbocycles. The third-order valence-corrected chi connectivity index (χ3v) is 4.13. The molecule has 1 unspecified atom stereocenters. The molecule has 0 radical (unpaired) electrons. The maximum atomic E-state index is 9.37. The van der Waals surface area contributed by atoms with Crippen molar-refractivity contribution in [3.8, 4) is 0 Å². The van der Waals surface area contributed by atoms with Gasteiger partial charge in [0, 0.05) is 16.2 Å². The standard InChI is InChI=1S/C14H21BrClNO/c1-2-3-4-5-6-12(10-18)17-11-7-8-14(16)13(15)9-11/h7-9,12,17-18H,2-6,10H2,1H3. The van der Waals surface area contributed by atoms with Gasteiger partial charge in [0.25, 0.3) is 0 Å². The molecule has 0 aromatic heterocycles. The summed E-state index contributed by atoms with van der Waals surface area (Å²) in [5.41, 5.74) is 0.987. The van der Waals surface area contributed by atoms with Crippen molar-refractivity contribution in [2.45, 2.75) is 45.1 Å². The fraction of sp³-hybridized carbons (Fsp3) is 0.571. The molecular weight excluding hydrogens is 314 g/mol. The first kappa shape index (κ1) is 15.8. The van der Waals surface area contributed by atoms with E-state index >= 15 is 0 Å². The third-order valence-electron chi connectivity index (χ3n) is 2.92. The molecule has 0 saturated carbocycles. The van der Waals surface area contributed by atoms with Crippen LogP contribution >= 0.6 is 27.5 Å². The lowest BCUT2D eigenvalue weighted by Gasteiger charge is -2.18. The van der Waals surface area contributed by atoms with Crippen LogP contribution in [0, 0.1) is 0 Å². The lowest BCUT2D eigenvalue weighted by atomic mass is 10.1. The monoisotopic (exact) mass is 333 g/mol. The van der Waals surface area contributed by atoms with Gasteiger partial charge in [-0.2, -0.15) is 0 Å². The molecule has 0 spiro atoms. The van der Waals surface area contributed by atoms with Crippen LogP contribution in [0.3, 0.4) is 0 Å². The number of nitrogens with one attached hydrogen (secondary N) is 1. The number of halogens is 2. The largest absolute Gasteiger partial charge is 0.394 e. The van der Waals surface area contributed by atoms with E-state index in [9.17, 15) is 5.11 Å². The number of aliphatic hydroxyl groups is 1. The van der Waals surface area contributed by atoms with Gasteiger partial charge in [0.05, 0.1) is 11.6 Å². The highest BCUT2D eigenvalue weighted by atomic mass is 79.9. The van der Waals surface area contributed by atoms with Crippen molar-refractivity contribution in [3.05, 3.63) is 27.7 Å². The Morgan fingerprint density at radius 3 is 2.72 bits per heavy atom. The second-order valence-electron chi connectivity index (χ2n) is 4.50. The van der Waals surface area contributed by atoms with E-state index in [4.69, 9.17) is 11.6 Å². The zero-order chi connectivity index (χ0) is 13.4. The minimum absolute atomic E-state index is 0.120. The van der Waals surface area contributed by atoms with Crippen LogP contribution in [0.2, 0.25) is 5.02 Å². The zero-order valence-electron chi connectivity index (χ0n) is 10.8. The molecule has 0 bridgehead atoms. The van der Waals surface area contributed by atoms with Gasteiger partial charge in [0.15, 0.2) is 0 Å². The molecule has 2 nitrogen and oxygen atoms in total. The van der Waals surface area contributed by atoms with Crippen LogP contribution < -0.4 is 5.32 Å². The minimum Gasteiger partial charge on any atom is -0.394 e. The Balaban J connectivity index is 2.44. The van der Waals surface area contributed by atoms with Gasteiger partial charge in [-0.15, -0.1) is 0 Å². The van der Waals surface area contributed by atoms with Gasteiger partial charge in [-0.25, -0.2) is 0 Å². The molecule has 4 heteroatoms. The summed E-state index contributed by atoms with van der Waals surface area (Å²) in [6.45, 7) is 2.36. The van der Waals surface area contributed by atoms with Crippen LogP contribution in [0.15, 0.2) is 22.7 Å². The van der Waals surface area contributed by atoms with Gasteiger partial charge >= 0.3 is 0 Å². The molecule has 1 rings (SSSR count). The lowest BCUT2D eigenvalue weighted by molar-refractivity contribution is 0.266. The zero-order valence-corrected chi connectivity index (χ0v) is 13.1. The van der Waals surface area contributed by atoms with E-state index in [1.165, 1.54) is 19.3 Å². The van der Waals surface area contributed by atoms with Crippen LogP contribution in [0.25, 0.3) is 0 Å². The van der Waals surface area contributed by atoms with E-state index in [1.54, 1.807) is 0 Å². The topological polar surface area (TPSA) is 32.3 Å². The summed E-state index contributed by atoms with van der Waals surface area (Å²) < 4.78 is 0.872. The summed E-state index contributed by atoms with van der Waals surface area (Å²) in [5, 5.41) is 13.4. The van der Waals surface area contributed by atoms with Gasteiger partial charge in [0.2, 0.25) is 0 Å². The second-order valence-corrected chi connectivity index (χ2v) is 5.76. The SMILES string of the molecule is CCCCCCC(CO)Nc1ccc(Cl)c(Br)c1. The van der Waals surface area contributed by atoms with Crippen molar-refractivity contribution in [3.63, 3.8) is 0 Å². The summed E-state index contributed by atoms with van der Waals surface area (Å²) in [4.78, 5) is 0. The van der Waals surface area contributed by atoms with Crippen molar-refractivity contribution in [1.82, 2.24) is 0 Å². The van der Waals surface area contributed by atoms with Crippen molar-refractivity contribution in [1.29, 1.82) is 0 Å². The predicted octanol–water partition coefficient (Wildman–Crippen LogP) is 4.85. The van der Waals surface area contributed by atoms with Crippen LogP contribution in [0.4, 0.5) is 5.69 Å². The Labute approximate surface area is 123 Å². The molecular formula is C14H21BrClNO. The van der Waals surface area contributed by atoms with Gasteiger partial charge < -0.3 is 10.4 Å². The van der Waals surface area contributed by atoms with E-state index in [0.717, 1.165) is 23.0 Å². The first-order valence-corrected chi connectivity index (χ1v) is 7.67. The van der Waals surface area contributed by atoms with Gasteiger partial charge in [-0.3, -0.25) is 0 Å². The highest BCUT2D eigenvalue weighted by Gasteiger charge is 2.07. The molecule has 2 N–H and O–H groups in total. The van der Waals surface area contributed by atoms with Crippen LogP contribution in [0.5, 0.6) is 0 Å². The molecule has 102 valence electrons. The number of rotatable bonds is 8. The molecule has 0 aliphatic heterocycles. The maximum Gasteiger partial charge on any atom is 0.0632 e. The minimum atomic E-state index is 0.120. The van der Waals surface area contributed by atoms with Crippen LogP contribution in [-0.2, 0) is 0 Å². The summed E-state index contributed by atoms with van der Waals surface area (Å²) in [6, 6.07) is 5.84. The molecule has 1 aromatic rings. The summed E-state index contributed by atoms with van der Waals surface area (Å²) in [7, 11) is 0. The molecule has 0 saturated heterocycles. The number of unbranched alkanes of at least 4 members (excludes halogenated alkanes) is 3. The van der Waals surface area contributed by atoms with E-state index < -0.39 is 0 Å². The molecule has 0 fully saturated rings. The van der Waals surface area contributed by atoms with Crippen molar-refractivity contribution in [2.24, 2.45) is 0 Å². The molecule has 0 aliphatic carbocycles. The van der Waals surface area contributed by atoms with Gasteiger partial charge in [-0.1, -0.05) is 44.2 Å². The van der Waals surface area contributed by atoms with Crippen molar-refractivity contribution < 1.29 is 5.11 Å². The molecule has 1 atom stereocenters. The number of hydrogen-bond acceptors (Lipinski definition) is 2. The lowest BCUT2D eigenvalue weighted by Crippen LogP contribution is -2.23. The first-order valence-electron chi connectivity index (χ1n) is 6.49. The van der Waals surface area contributed by atoms with Crippen molar-refractivity contribution >= 4 is 33.2 Å². The third kappa shape index (κ3) is 5.59. The van der Waals surface area contributed by atoms with E-state index in [0.29, 0.717) is 5.02 Å². The molecule has 0 heterocycles. The highest BCUT2D eigenvalue weighted by Crippen LogP contribution is 2.26. The van der Waals surface area contributed by atoms with Crippen LogP contribution in [-0.4, -0.2) is 17.8 Å². The Morgan fingerprint density at radius 2 is 2.11 bits per heavy atom. The average molecular weight is 335 g/mol. The summed E-state index contributed by atoms with van der Waals surface area (Å²) >= 11 is 9.34. The summed E-state index contributed by atoms with van der Waals surface area (Å²) in [6.07, 6.45) is 5.89. The molecule has 0 aliphatic rings.